The Balaban J connectivity index is 1.58. The minimum atomic E-state index is -4.30. The molecule has 2 aliphatic rings. The zero-order chi connectivity index (χ0) is 16.8. The SMILES string of the molecule is C=CC(=O)NC1[C@H]2CN([C@@H](C)c3ccc(C(F)(F)F)cc3)C[C@@H]12. The third kappa shape index (κ3) is 3.13. The van der Waals surface area contributed by atoms with E-state index >= 15 is 0 Å². The van der Waals surface area contributed by atoms with E-state index in [9.17, 15) is 18.0 Å². The van der Waals surface area contributed by atoms with E-state index < -0.39 is 11.7 Å². The van der Waals surface area contributed by atoms with Gasteiger partial charge in [-0.3, -0.25) is 9.69 Å². The van der Waals surface area contributed by atoms with Gasteiger partial charge in [-0.25, -0.2) is 0 Å². The first-order valence-corrected chi connectivity index (χ1v) is 7.65. The lowest BCUT2D eigenvalue weighted by molar-refractivity contribution is -0.137. The molecule has 1 aliphatic heterocycles. The number of rotatable bonds is 4. The molecule has 1 heterocycles. The highest BCUT2D eigenvalue weighted by molar-refractivity contribution is 5.87. The van der Waals surface area contributed by atoms with Crippen LogP contribution < -0.4 is 5.32 Å². The molecule has 23 heavy (non-hydrogen) atoms. The zero-order valence-electron chi connectivity index (χ0n) is 12.8. The predicted molar refractivity (Wildman–Crippen MR) is 80.5 cm³/mol. The van der Waals surface area contributed by atoms with Crippen LogP contribution >= 0.6 is 0 Å². The second kappa shape index (κ2) is 5.67. The Morgan fingerprint density at radius 1 is 1.30 bits per heavy atom. The first kappa shape index (κ1) is 16.1. The van der Waals surface area contributed by atoms with Gasteiger partial charge in [0.1, 0.15) is 0 Å². The Bertz CT molecular complexity index is 599. The van der Waals surface area contributed by atoms with Crippen LogP contribution in [0.4, 0.5) is 13.2 Å². The smallest absolute Gasteiger partial charge is 0.349 e. The third-order valence-corrected chi connectivity index (χ3v) is 4.98. The lowest BCUT2D eigenvalue weighted by Crippen LogP contribution is -2.35. The lowest BCUT2D eigenvalue weighted by Gasteiger charge is -2.27. The summed E-state index contributed by atoms with van der Waals surface area (Å²) in [5.41, 5.74) is 0.260. The van der Waals surface area contributed by atoms with Crippen LogP contribution in [0.3, 0.4) is 0 Å². The maximum atomic E-state index is 12.6. The monoisotopic (exact) mass is 324 g/mol. The van der Waals surface area contributed by atoms with E-state index in [0.717, 1.165) is 30.8 Å². The Labute approximate surface area is 133 Å². The molecule has 2 fully saturated rings. The Hall–Kier alpha value is -1.82. The Morgan fingerprint density at radius 3 is 2.35 bits per heavy atom. The summed E-state index contributed by atoms with van der Waals surface area (Å²) in [5, 5.41) is 2.92. The molecule has 6 heteroatoms. The fourth-order valence-corrected chi connectivity index (χ4v) is 3.47. The van der Waals surface area contributed by atoms with Gasteiger partial charge in [0.15, 0.2) is 0 Å². The molecule has 1 N–H and O–H groups in total. The van der Waals surface area contributed by atoms with Gasteiger partial charge in [0.25, 0.3) is 0 Å². The van der Waals surface area contributed by atoms with Gasteiger partial charge < -0.3 is 5.32 Å². The number of fused-ring (bicyclic) bond motifs is 1. The molecule has 0 aromatic heterocycles. The van der Waals surface area contributed by atoms with Gasteiger partial charge in [-0.05, 0) is 42.5 Å². The number of benzene rings is 1. The van der Waals surface area contributed by atoms with Crippen molar-refractivity contribution in [3.05, 3.63) is 48.0 Å². The van der Waals surface area contributed by atoms with Gasteiger partial charge in [-0.2, -0.15) is 13.2 Å². The number of nitrogens with zero attached hydrogens (tertiary/aromatic N) is 1. The summed E-state index contributed by atoms with van der Waals surface area (Å²) in [4.78, 5) is 13.6. The molecule has 3 rings (SSSR count). The number of hydrogen-bond donors (Lipinski definition) is 1. The summed E-state index contributed by atoms with van der Waals surface area (Å²) in [7, 11) is 0. The maximum Gasteiger partial charge on any atom is 0.416 e. The number of piperidine rings is 1. The van der Waals surface area contributed by atoms with Gasteiger partial charge in [-0.1, -0.05) is 18.7 Å². The molecule has 1 aromatic carbocycles. The van der Waals surface area contributed by atoms with Crippen LogP contribution in [0.1, 0.15) is 24.1 Å². The molecule has 0 radical (unpaired) electrons. The number of likely N-dealkylation sites (tertiary alicyclic amines) is 1. The number of hydrogen-bond acceptors (Lipinski definition) is 2. The number of alkyl halides is 3. The molecule has 0 bridgehead atoms. The van der Waals surface area contributed by atoms with E-state index in [1.54, 1.807) is 12.1 Å². The summed E-state index contributed by atoms with van der Waals surface area (Å²) in [6, 6.07) is 5.66. The highest BCUT2D eigenvalue weighted by Gasteiger charge is 2.56. The van der Waals surface area contributed by atoms with Crippen molar-refractivity contribution >= 4 is 5.91 Å². The van der Waals surface area contributed by atoms with E-state index in [2.05, 4.69) is 16.8 Å². The standard InChI is InChI=1S/C17H19F3N2O/c1-3-15(23)21-16-13-8-22(9-14(13)16)10(2)11-4-6-12(7-5-11)17(18,19)20/h3-7,10,13-14,16H,1,8-9H2,2H3,(H,21,23)/t10-,13-,14+,16?/m0/s1. The summed E-state index contributed by atoms with van der Waals surface area (Å²) < 4.78 is 37.8. The van der Waals surface area contributed by atoms with Crippen molar-refractivity contribution in [3.63, 3.8) is 0 Å². The number of halogens is 3. The third-order valence-electron chi connectivity index (χ3n) is 4.98. The molecule has 0 spiro atoms. The minimum absolute atomic E-state index is 0.0702. The summed E-state index contributed by atoms with van der Waals surface area (Å²) >= 11 is 0. The first-order valence-electron chi connectivity index (χ1n) is 7.65. The van der Waals surface area contributed by atoms with Crippen molar-refractivity contribution in [3.8, 4) is 0 Å². The molecule has 1 amide bonds. The number of carbonyl (C=O) groups excluding carboxylic acids is 1. The van der Waals surface area contributed by atoms with Crippen molar-refractivity contribution in [2.24, 2.45) is 11.8 Å². The normalized spacial score (nSPS) is 28.1. The van der Waals surface area contributed by atoms with Gasteiger partial charge in [0.2, 0.25) is 5.91 Å². The van der Waals surface area contributed by atoms with Crippen molar-refractivity contribution in [1.29, 1.82) is 0 Å². The second-order valence-corrected chi connectivity index (χ2v) is 6.32. The van der Waals surface area contributed by atoms with E-state index in [1.807, 2.05) is 6.92 Å². The summed E-state index contributed by atoms with van der Waals surface area (Å²) in [5.74, 6) is 0.735. The van der Waals surface area contributed by atoms with E-state index in [1.165, 1.54) is 6.08 Å². The Morgan fingerprint density at radius 2 is 1.87 bits per heavy atom. The molecule has 1 saturated heterocycles. The molecule has 1 saturated carbocycles. The first-order chi connectivity index (χ1) is 10.8. The van der Waals surface area contributed by atoms with Crippen LogP contribution in [-0.2, 0) is 11.0 Å². The highest BCUT2D eigenvalue weighted by Crippen LogP contribution is 2.47. The molecule has 1 aliphatic carbocycles. The van der Waals surface area contributed by atoms with Gasteiger partial charge in [0, 0.05) is 25.2 Å². The average molecular weight is 324 g/mol. The molecule has 3 nitrogen and oxygen atoms in total. The predicted octanol–water partition coefficient (Wildman–Crippen LogP) is 3.00. The van der Waals surface area contributed by atoms with Crippen molar-refractivity contribution in [2.75, 3.05) is 13.1 Å². The maximum absolute atomic E-state index is 12.6. The summed E-state index contributed by atoms with van der Waals surface area (Å²) in [6.07, 6.45) is -3.02. The average Bonchev–Trinajstić information content (AvgIpc) is 2.96. The van der Waals surface area contributed by atoms with Crippen molar-refractivity contribution in [1.82, 2.24) is 10.2 Å². The van der Waals surface area contributed by atoms with Crippen LogP contribution in [0, 0.1) is 11.8 Å². The summed E-state index contributed by atoms with van der Waals surface area (Å²) in [6.45, 7) is 7.16. The van der Waals surface area contributed by atoms with E-state index in [-0.39, 0.29) is 18.0 Å². The van der Waals surface area contributed by atoms with Crippen LogP contribution in [0.25, 0.3) is 0 Å². The van der Waals surface area contributed by atoms with Gasteiger partial charge in [-0.15, -0.1) is 0 Å². The fourth-order valence-electron chi connectivity index (χ4n) is 3.47. The van der Waals surface area contributed by atoms with E-state index in [0.29, 0.717) is 11.8 Å². The van der Waals surface area contributed by atoms with Crippen LogP contribution in [0.15, 0.2) is 36.9 Å². The molecule has 124 valence electrons. The van der Waals surface area contributed by atoms with Crippen molar-refractivity contribution < 1.29 is 18.0 Å². The van der Waals surface area contributed by atoms with Crippen LogP contribution in [0.2, 0.25) is 0 Å². The lowest BCUT2D eigenvalue weighted by atomic mass is 10.0. The Kier molecular flexibility index (Phi) is 3.96. The molecular weight excluding hydrogens is 305 g/mol. The number of nitrogens with one attached hydrogen (secondary N) is 1. The molecular formula is C17H19F3N2O. The van der Waals surface area contributed by atoms with Crippen LogP contribution in [0.5, 0.6) is 0 Å². The zero-order valence-corrected chi connectivity index (χ0v) is 12.8. The highest BCUT2D eigenvalue weighted by atomic mass is 19.4. The molecule has 1 unspecified atom stereocenters. The quantitative estimate of drug-likeness (QED) is 0.864. The largest absolute Gasteiger partial charge is 0.416 e. The minimum Gasteiger partial charge on any atom is -0.349 e. The number of amides is 1. The van der Waals surface area contributed by atoms with E-state index in [4.69, 9.17) is 0 Å². The van der Waals surface area contributed by atoms with Crippen LogP contribution in [-0.4, -0.2) is 29.9 Å². The second-order valence-electron chi connectivity index (χ2n) is 6.32. The molecule has 4 atom stereocenters. The molecule has 1 aromatic rings. The van der Waals surface area contributed by atoms with Crippen molar-refractivity contribution in [2.45, 2.75) is 25.2 Å². The number of carbonyl (C=O) groups is 1. The topological polar surface area (TPSA) is 32.3 Å². The van der Waals surface area contributed by atoms with Gasteiger partial charge in [0.05, 0.1) is 5.56 Å². The van der Waals surface area contributed by atoms with Gasteiger partial charge >= 0.3 is 6.18 Å². The fraction of sp³-hybridized carbons (Fsp3) is 0.471.